The Morgan fingerprint density at radius 1 is 1.28 bits per heavy atom. The second-order valence-corrected chi connectivity index (χ2v) is 5.01. The van der Waals surface area contributed by atoms with Crippen molar-refractivity contribution in [2.45, 2.75) is 0 Å². The average Bonchev–Trinajstić information content (AvgIpc) is 2.35. The van der Waals surface area contributed by atoms with E-state index < -0.39 is 0 Å². The van der Waals surface area contributed by atoms with Crippen LogP contribution in [0.1, 0.15) is 10.4 Å². The Morgan fingerprint density at radius 3 is 2.78 bits per heavy atom. The number of pyridine rings is 1. The van der Waals surface area contributed by atoms with Gasteiger partial charge in [-0.15, -0.1) is 0 Å². The lowest BCUT2D eigenvalue weighted by Crippen LogP contribution is -2.12. The van der Waals surface area contributed by atoms with Gasteiger partial charge in [0.15, 0.2) is 0 Å². The van der Waals surface area contributed by atoms with E-state index in [0.29, 0.717) is 20.7 Å². The van der Waals surface area contributed by atoms with E-state index in [1.807, 2.05) is 0 Å². The van der Waals surface area contributed by atoms with Crippen molar-refractivity contribution in [2.75, 3.05) is 5.32 Å². The molecule has 0 spiro atoms. The fraction of sp³-hybridized carbons (Fsp3) is 0. The van der Waals surface area contributed by atoms with Gasteiger partial charge in [0.25, 0.3) is 5.91 Å². The molecule has 0 aliphatic rings. The maximum absolute atomic E-state index is 12.0. The van der Waals surface area contributed by atoms with Crippen LogP contribution in [-0.4, -0.2) is 10.9 Å². The molecule has 0 atom stereocenters. The van der Waals surface area contributed by atoms with Gasteiger partial charge in [-0.3, -0.25) is 4.79 Å². The topological polar surface area (TPSA) is 42.0 Å². The summed E-state index contributed by atoms with van der Waals surface area (Å²) in [5, 5.41) is 3.54. The molecule has 0 aliphatic carbocycles. The first-order chi connectivity index (χ1) is 8.58. The van der Waals surface area contributed by atoms with Gasteiger partial charge >= 0.3 is 0 Å². The minimum Gasteiger partial charge on any atom is -0.321 e. The second kappa shape index (κ2) is 5.69. The SMILES string of the molecule is O=C(Nc1cccc(Cl)c1Br)c1ccnc(Cl)c1. The van der Waals surface area contributed by atoms with Crippen LogP contribution in [0.15, 0.2) is 41.0 Å². The number of hydrogen-bond acceptors (Lipinski definition) is 2. The van der Waals surface area contributed by atoms with Crippen LogP contribution < -0.4 is 5.32 Å². The van der Waals surface area contributed by atoms with Crippen molar-refractivity contribution in [2.24, 2.45) is 0 Å². The summed E-state index contributed by atoms with van der Waals surface area (Å²) in [6.07, 6.45) is 1.48. The lowest BCUT2D eigenvalue weighted by Gasteiger charge is -2.08. The van der Waals surface area contributed by atoms with Crippen molar-refractivity contribution in [1.82, 2.24) is 4.98 Å². The van der Waals surface area contributed by atoms with Crippen LogP contribution in [0.5, 0.6) is 0 Å². The molecule has 0 unspecified atom stereocenters. The van der Waals surface area contributed by atoms with E-state index in [1.165, 1.54) is 12.3 Å². The minimum absolute atomic E-state index is 0.271. The molecule has 1 heterocycles. The lowest BCUT2D eigenvalue weighted by atomic mass is 10.2. The molecule has 92 valence electrons. The van der Waals surface area contributed by atoms with E-state index in [4.69, 9.17) is 23.2 Å². The fourth-order valence-electron chi connectivity index (χ4n) is 1.34. The van der Waals surface area contributed by atoms with Gasteiger partial charge in [0.1, 0.15) is 5.15 Å². The van der Waals surface area contributed by atoms with Gasteiger partial charge in [-0.25, -0.2) is 4.98 Å². The molecule has 1 amide bonds. The van der Waals surface area contributed by atoms with Crippen molar-refractivity contribution >= 4 is 50.7 Å². The van der Waals surface area contributed by atoms with Gasteiger partial charge in [-0.2, -0.15) is 0 Å². The fourth-order valence-corrected chi connectivity index (χ4v) is 2.05. The summed E-state index contributed by atoms with van der Waals surface area (Å²) in [5.41, 5.74) is 1.03. The lowest BCUT2D eigenvalue weighted by molar-refractivity contribution is 0.102. The first-order valence-electron chi connectivity index (χ1n) is 4.95. The molecule has 1 aromatic carbocycles. The number of anilines is 1. The van der Waals surface area contributed by atoms with E-state index in [0.717, 1.165) is 0 Å². The van der Waals surface area contributed by atoms with Gasteiger partial charge in [-0.05, 0) is 40.2 Å². The third-order valence-corrected chi connectivity index (χ3v) is 3.79. The number of rotatable bonds is 2. The molecule has 6 heteroatoms. The predicted octanol–water partition coefficient (Wildman–Crippen LogP) is 4.40. The molecule has 1 N–H and O–H groups in total. The summed E-state index contributed by atoms with van der Waals surface area (Å²) in [7, 11) is 0. The van der Waals surface area contributed by atoms with Crippen molar-refractivity contribution in [3.05, 3.63) is 56.7 Å². The van der Waals surface area contributed by atoms with Crippen LogP contribution in [0.2, 0.25) is 10.2 Å². The first-order valence-corrected chi connectivity index (χ1v) is 6.50. The number of halogens is 3. The molecule has 0 saturated heterocycles. The Labute approximate surface area is 122 Å². The summed E-state index contributed by atoms with van der Waals surface area (Å²) in [4.78, 5) is 15.8. The number of hydrogen-bond donors (Lipinski definition) is 1. The maximum atomic E-state index is 12.0. The Bertz CT molecular complexity index is 604. The maximum Gasteiger partial charge on any atom is 0.255 e. The third-order valence-electron chi connectivity index (χ3n) is 2.19. The summed E-state index contributed by atoms with van der Waals surface area (Å²) >= 11 is 15.0. The minimum atomic E-state index is -0.276. The van der Waals surface area contributed by atoms with Gasteiger partial charge < -0.3 is 5.32 Å². The number of benzene rings is 1. The molecule has 0 aliphatic heterocycles. The highest BCUT2D eigenvalue weighted by Gasteiger charge is 2.10. The largest absolute Gasteiger partial charge is 0.321 e. The molecule has 18 heavy (non-hydrogen) atoms. The van der Waals surface area contributed by atoms with Crippen molar-refractivity contribution < 1.29 is 4.79 Å². The van der Waals surface area contributed by atoms with Crippen LogP contribution in [0, 0.1) is 0 Å². The highest BCUT2D eigenvalue weighted by Crippen LogP contribution is 2.30. The zero-order valence-electron chi connectivity index (χ0n) is 8.95. The molecule has 1 aromatic heterocycles. The van der Waals surface area contributed by atoms with E-state index in [2.05, 4.69) is 26.2 Å². The monoisotopic (exact) mass is 344 g/mol. The second-order valence-electron chi connectivity index (χ2n) is 3.42. The van der Waals surface area contributed by atoms with Crippen LogP contribution in [-0.2, 0) is 0 Å². The van der Waals surface area contributed by atoms with Gasteiger partial charge in [-0.1, -0.05) is 29.3 Å². The van der Waals surface area contributed by atoms with Gasteiger partial charge in [0.05, 0.1) is 15.2 Å². The smallest absolute Gasteiger partial charge is 0.255 e. The molecular formula is C12H7BrCl2N2O. The quantitative estimate of drug-likeness (QED) is 0.819. The Kier molecular flexibility index (Phi) is 4.22. The molecule has 0 fully saturated rings. The standard InChI is InChI=1S/C12H7BrCl2N2O/c13-11-8(14)2-1-3-9(11)17-12(18)7-4-5-16-10(15)6-7/h1-6H,(H,17,18). The molecule has 0 radical (unpaired) electrons. The molecule has 2 rings (SSSR count). The third kappa shape index (κ3) is 3.02. The molecule has 3 nitrogen and oxygen atoms in total. The van der Waals surface area contributed by atoms with Crippen LogP contribution >= 0.6 is 39.1 Å². The van der Waals surface area contributed by atoms with E-state index in [-0.39, 0.29) is 11.1 Å². The van der Waals surface area contributed by atoms with E-state index in [9.17, 15) is 4.79 Å². The van der Waals surface area contributed by atoms with E-state index in [1.54, 1.807) is 24.3 Å². The Balaban J connectivity index is 2.24. The number of amides is 1. The summed E-state index contributed by atoms with van der Waals surface area (Å²) in [5.74, 6) is -0.276. The normalized spacial score (nSPS) is 10.2. The predicted molar refractivity (Wildman–Crippen MR) is 76.4 cm³/mol. The van der Waals surface area contributed by atoms with Gasteiger partial charge in [0, 0.05) is 11.8 Å². The van der Waals surface area contributed by atoms with Crippen molar-refractivity contribution in [3.63, 3.8) is 0 Å². The Hall–Kier alpha value is -1.10. The summed E-state index contributed by atoms with van der Waals surface area (Å²) < 4.78 is 0.639. The van der Waals surface area contributed by atoms with Crippen LogP contribution in [0.25, 0.3) is 0 Å². The van der Waals surface area contributed by atoms with Crippen LogP contribution in [0.3, 0.4) is 0 Å². The highest BCUT2D eigenvalue weighted by molar-refractivity contribution is 9.10. The summed E-state index contributed by atoms with van der Waals surface area (Å²) in [6.45, 7) is 0. The number of carbonyl (C=O) groups excluding carboxylic acids is 1. The zero-order valence-corrected chi connectivity index (χ0v) is 12.1. The van der Waals surface area contributed by atoms with Crippen molar-refractivity contribution in [1.29, 1.82) is 0 Å². The van der Waals surface area contributed by atoms with Crippen LogP contribution in [0.4, 0.5) is 5.69 Å². The number of aromatic nitrogens is 1. The average molecular weight is 346 g/mol. The van der Waals surface area contributed by atoms with Gasteiger partial charge in [0.2, 0.25) is 0 Å². The first kappa shape index (κ1) is 13.3. The summed E-state index contributed by atoms with van der Waals surface area (Å²) in [6, 6.07) is 8.30. The molecule has 0 saturated carbocycles. The molecule has 0 bridgehead atoms. The zero-order chi connectivity index (χ0) is 13.1. The molecular weight excluding hydrogens is 339 g/mol. The number of nitrogens with zero attached hydrogens (tertiary/aromatic N) is 1. The number of nitrogens with one attached hydrogen (secondary N) is 1. The Morgan fingerprint density at radius 2 is 2.06 bits per heavy atom. The number of carbonyl (C=O) groups is 1. The van der Waals surface area contributed by atoms with E-state index >= 15 is 0 Å². The molecule has 2 aromatic rings. The van der Waals surface area contributed by atoms with Crippen molar-refractivity contribution in [3.8, 4) is 0 Å². The highest BCUT2D eigenvalue weighted by atomic mass is 79.9.